The van der Waals surface area contributed by atoms with Gasteiger partial charge in [-0.25, -0.2) is 5.43 Å². The number of hydrogen-bond donors (Lipinski definition) is 2. The van der Waals surface area contributed by atoms with Gasteiger partial charge in [-0.3, -0.25) is 9.89 Å². The van der Waals surface area contributed by atoms with Crippen LogP contribution in [0, 0.1) is 0 Å². The van der Waals surface area contributed by atoms with E-state index in [2.05, 4.69) is 36.7 Å². The van der Waals surface area contributed by atoms with Crippen molar-refractivity contribution in [2.24, 2.45) is 5.10 Å². The molecule has 0 fully saturated rings. The number of aromatic amines is 1. The molecule has 2 N–H and O–H groups in total. The molecule has 0 saturated heterocycles. The number of rotatable bonds is 3. The first-order chi connectivity index (χ1) is 8.25. The number of carbonyl (C=O) groups is 1. The van der Waals surface area contributed by atoms with Gasteiger partial charge in [0.25, 0.3) is 5.91 Å². The molecule has 0 atom stereocenters. The molecular formula is C11H9BrN4O. The van der Waals surface area contributed by atoms with Crippen LogP contribution in [-0.4, -0.2) is 22.3 Å². The van der Waals surface area contributed by atoms with Crippen molar-refractivity contribution in [2.75, 3.05) is 0 Å². The molecule has 0 aliphatic rings. The third-order valence-electron chi connectivity index (χ3n) is 2.00. The van der Waals surface area contributed by atoms with E-state index in [1.165, 1.54) is 6.20 Å². The molecule has 0 aliphatic carbocycles. The molecule has 1 aromatic carbocycles. The van der Waals surface area contributed by atoms with Crippen LogP contribution in [0.3, 0.4) is 0 Å². The molecule has 0 aliphatic heterocycles. The van der Waals surface area contributed by atoms with Crippen LogP contribution in [0.1, 0.15) is 16.1 Å². The molecule has 0 saturated carbocycles. The number of hydrazone groups is 1. The molecule has 2 rings (SSSR count). The second kappa shape index (κ2) is 5.40. The van der Waals surface area contributed by atoms with Gasteiger partial charge in [0.15, 0.2) is 0 Å². The Kier molecular flexibility index (Phi) is 3.66. The molecule has 0 bridgehead atoms. The Morgan fingerprint density at radius 2 is 2.12 bits per heavy atom. The summed E-state index contributed by atoms with van der Waals surface area (Å²) in [7, 11) is 0. The van der Waals surface area contributed by atoms with Gasteiger partial charge in [0, 0.05) is 10.7 Å². The standard InChI is InChI=1S/C11H9BrN4O/c12-9-3-1-8(2-4-9)7-14-16-11(17)10-5-6-13-15-10/h1-7H,(H,13,15)(H,16,17). The lowest BCUT2D eigenvalue weighted by Crippen LogP contribution is -2.17. The van der Waals surface area contributed by atoms with Gasteiger partial charge in [-0.05, 0) is 23.8 Å². The first-order valence-corrected chi connectivity index (χ1v) is 5.63. The molecule has 0 spiro atoms. The van der Waals surface area contributed by atoms with Crippen molar-refractivity contribution in [3.8, 4) is 0 Å². The Morgan fingerprint density at radius 1 is 1.35 bits per heavy atom. The summed E-state index contributed by atoms with van der Waals surface area (Å²) in [6.45, 7) is 0. The van der Waals surface area contributed by atoms with Gasteiger partial charge in [0.1, 0.15) is 5.69 Å². The van der Waals surface area contributed by atoms with E-state index in [0.717, 1.165) is 10.0 Å². The second-order valence-electron chi connectivity index (χ2n) is 3.22. The highest BCUT2D eigenvalue weighted by atomic mass is 79.9. The van der Waals surface area contributed by atoms with E-state index in [1.54, 1.807) is 12.3 Å². The van der Waals surface area contributed by atoms with Crippen LogP contribution in [0.4, 0.5) is 0 Å². The van der Waals surface area contributed by atoms with Crippen LogP contribution in [0.15, 0.2) is 46.1 Å². The number of aromatic nitrogens is 2. The SMILES string of the molecule is O=C(NN=Cc1ccc(Br)cc1)c1ccn[nH]1. The zero-order chi connectivity index (χ0) is 12.1. The van der Waals surface area contributed by atoms with Gasteiger partial charge in [0.2, 0.25) is 0 Å². The average molecular weight is 293 g/mol. The fraction of sp³-hybridized carbons (Fsp3) is 0. The number of nitrogens with one attached hydrogen (secondary N) is 2. The zero-order valence-electron chi connectivity index (χ0n) is 8.72. The summed E-state index contributed by atoms with van der Waals surface area (Å²) in [5, 5.41) is 10.1. The fourth-order valence-electron chi connectivity index (χ4n) is 1.16. The normalized spacial score (nSPS) is 10.6. The van der Waals surface area contributed by atoms with Crippen LogP contribution in [-0.2, 0) is 0 Å². The van der Waals surface area contributed by atoms with Gasteiger partial charge in [-0.15, -0.1) is 0 Å². The number of halogens is 1. The lowest BCUT2D eigenvalue weighted by molar-refractivity contribution is 0.0950. The number of nitrogens with zero attached hydrogens (tertiary/aromatic N) is 2. The van der Waals surface area contributed by atoms with E-state index in [1.807, 2.05) is 24.3 Å². The second-order valence-corrected chi connectivity index (χ2v) is 4.14. The van der Waals surface area contributed by atoms with Gasteiger partial charge in [-0.1, -0.05) is 28.1 Å². The molecule has 1 aromatic heterocycles. The third kappa shape index (κ3) is 3.25. The average Bonchev–Trinajstić information content (AvgIpc) is 2.85. The summed E-state index contributed by atoms with van der Waals surface area (Å²) < 4.78 is 0.996. The van der Waals surface area contributed by atoms with Crippen molar-refractivity contribution < 1.29 is 4.79 Å². The molecule has 1 amide bonds. The highest BCUT2D eigenvalue weighted by Gasteiger charge is 2.03. The Balaban J connectivity index is 1.94. The molecule has 86 valence electrons. The molecule has 6 heteroatoms. The smallest absolute Gasteiger partial charge is 0.273 e. The summed E-state index contributed by atoms with van der Waals surface area (Å²) in [5.74, 6) is -0.323. The highest BCUT2D eigenvalue weighted by molar-refractivity contribution is 9.10. The molecule has 0 unspecified atom stereocenters. The fourth-order valence-corrected chi connectivity index (χ4v) is 1.42. The number of amides is 1. The van der Waals surface area contributed by atoms with Crippen molar-refractivity contribution in [1.29, 1.82) is 0 Å². The Labute approximate surface area is 106 Å². The van der Waals surface area contributed by atoms with E-state index in [9.17, 15) is 4.79 Å². The summed E-state index contributed by atoms with van der Waals surface area (Å²) >= 11 is 3.34. The molecule has 0 radical (unpaired) electrons. The minimum absolute atomic E-state index is 0.323. The summed E-state index contributed by atoms with van der Waals surface area (Å²) in [6, 6.07) is 9.15. The monoisotopic (exact) mass is 292 g/mol. The van der Waals surface area contributed by atoms with Crippen LogP contribution in [0.5, 0.6) is 0 Å². The molecule has 2 aromatic rings. The first-order valence-electron chi connectivity index (χ1n) is 4.84. The largest absolute Gasteiger partial charge is 0.289 e. The van der Waals surface area contributed by atoms with E-state index in [0.29, 0.717) is 5.69 Å². The molecular weight excluding hydrogens is 284 g/mol. The van der Waals surface area contributed by atoms with Gasteiger partial charge >= 0.3 is 0 Å². The zero-order valence-corrected chi connectivity index (χ0v) is 10.3. The van der Waals surface area contributed by atoms with Crippen molar-refractivity contribution >= 4 is 28.1 Å². The molecule has 5 nitrogen and oxygen atoms in total. The van der Waals surface area contributed by atoms with Crippen LogP contribution in [0.25, 0.3) is 0 Å². The maximum atomic E-state index is 11.4. The van der Waals surface area contributed by atoms with Crippen LogP contribution >= 0.6 is 15.9 Å². The van der Waals surface area contributed by atoms with Crippen LogP contribution < -0.4 is 5.43 Å². The third-order valence-corrected chi connectivity index (χ3v) is 2.52. The predicted octanol–water partition coefficient (Wildman–Crippen LogP) is 1.94. The molecule has 17 heavy (non-hydrogen) atoms. The number of hydrogen-bond acceptors (Lipinski definition) is 3. The first kappa shape index (κ1) is 11.5. The number of benzene rings is 1. The highest BCUT2D eigenvalue weighted by Crippen LogP contribution is 2.08. The van der Waals surface area contributed by atoms with E-state index in [-0.39, 0.29) is 5.91 Å². The van der Waals surface area contributed by atoms with Crippen molar-refractivity contribution in [2.45, 2.75) is 0 Å². The quantitative estimate of drug-likeness (QED) is 0.670. The van der Waals surface area contributed by atoms with Crippen LogP contribution in [0.2, 0.25) is 0 Å². The summed E-state index contributed by atoms with van der Waals surface area (Å²) in [4.78, 5) is 11.4. The Hall–Kier alpha value is -1.95. The maximum absolute atomic E-state index is 11.4. The lowest BCUT2D eigenvalue weighted by atomic mass is 10.2. The number of H-pyrrole nitrogens is 1. The predicted molar refractivity (Wildman–Crippen MR) is 67.8 cm³/mol. The van der Waals surface area contributed by atoms with Crippen molar-refractivity contribution in [1.82, 2.24) is 15.6 Å². The topological polar surface area (TPSA) is 70.1 Å². The van der Waals surface area contributed by atoms with Crippen molar-refractivity contribution in [3.05, 3.63) is 52.3 Å². The van der Waals surface area contributed by atoms with E-state index >= 15 is 0 Å². The summed E-state index contributed by atoms with van der Waals surface area (Å²) in [5.41, 5.74) is 3.67. The Bertz CT molecular complexity index is 519. The minimum Gasteiger partial charge on any atom is -0.273 e. The Morgan fingerprint density at radius 3 is 2.76 bits per heavy atom. The van der Waals surface area contributed by atoms with Gasteiger partial charge in [0.05, 0.1) is 6.21 Å². The van der Waals surface area contributed by atoms with E-state index in [4.69, 9.17) is 0 Å². The lowest BCUT2D eigenvalue weighted by Gasteiger charge is -1.96. The van der Waals surface area contributed by atoms with Crippen molar-refractivity contribution in [3.63, 3.8) is 0 Å². The maximum Gasteiger partial charge on any atom is 0.289 e. The van der Waals surface area contributed by atoms with Gasteiger partial charge in [-0.2, -0.15) is 10.2 Å². The summed E-state index contributed by atoms with van der Waals surface area (Å²) in [6.07, 6.45) is 3.08. The number of carbonyl (C=O) groups excluding carboxylic acids is 1. The minimum atomic E-state index is -0.323. The molecule has 1 heterocycles. The van der Waals surface area contributed by atoms with Gasteiger partial charge < -0.3 is 0 Å². The van der Waals surface area contributed by atoms with E-state index < -0.39 is 0 Å².